The summed E-state index contributed by atoms with van der Waals surface area (Å²) in [4.78, 5) is 26.7. The molecule has 0 radical (unpaired) electrons. The summed E-state index contributed by atoms with van der Waals surface area (Å²) in [5.41, 5.74) is 0.525. The van der Waals surface area contributed by atoms with Gasteiger partial charge in [-0.25, -0.2) is 0 Å². The van der Waals surface area contributed by atoms with Gasteiger partial charge >= 0.3 is 5.97 Å². The summed E-state index contributed by atoms with van der Waals surface area (Å²) < 4.78 is 6.46. The van der Waals surface area contributed by atoms with Crippen LogP contribution in [-0.4, -0.2) is 29.1 Å². The molecule has 5 aliphatic rings. The number of rotatable bonds is 3. The fourth-order valence-electron chi connectivity index (χ4n) is 10.9. The van der Waals surface area contributed by atoms with E-state index in [-0.39, 0.29) is 51.1 Å². The van der Waals surface area contributed by atoms with Gasteiger partial charge in [-0.2, -0.15) is 0 Å². The molecule has 4 fully saturated rings. The number of hydrogen-bond acceptors (Lipinski definition) is 3. The smallest absolute Gasteiger partial charge is 0.309 e. The molecule has 0 aromatic heterocycles. The van der Waals surface area contributed by atoms with E-state index >= 15 is 0 Å². The third-order valence-corrected chi connectivity index (χ3v) is 13.5. The van der Waals surface area contributed by atoms with Crippen LogP contribution in [0, 0.1) is 50.2 Å². The first kappa shape index (κ1) is 27.4. The third-order valence-electron chi connectivity index (χ3n) is 13.5. The Morgan fingerprint density at radius 2 is 1.59 bits per heavy atom. The summed E-state index contributed by atoms with van der Waals surface area (Å²) >= 11 is 0. The summed E-state index contributed by atoms with van der Waals surface area (Å²) in [6, 6.07) is 0. The van der Waals surface area contributed by atoms with Crippen molar-refractivity contribution in [2.24, 2.45) is 50.2 Å². The zero-order valence-corrected chi connectivity index (χ0v) is 25.0. The Bertz CT molecular complexity index is 1030. The predicted molar refractivity (Wildman–Crippen MR) is 147 cm³/mol. The van der Waals surface area contributed by atoms with E-state index in [2.05, 4.69) is 61.5 Å². The zero-order valence-electron chi connectivity index (χ0n) is 25.0. The van der Waals surface area contributed by atoms with Gasteiger partial charge in [-0.15, -0.1) is 0 Å². The van der Waals surface area contributed by atoms with Gasteiger partial charge in [0, 0.05) is 5.92 Å². The molecule has 4 saturated carbocycles. The molecule has 5 aliphatic carbocycles. The van der Waals surface area contributed by atoms with Crippen molar-refractivity contribution in [3.8, 4) is 0 Å². The van der Waals surface area contributed by atoms with Crippen LogP contribution in [0.15, 0.2) is 11.6 Å². The van der Waals surface area contributed by atoms with Crippen molar-refractivity contribution in [2.75, 3.05) is 0 Å². The summed E-state index contributed by atoms with van der Waals surface area (Å²) in [6.45, 7) is 20.7. The first-order chi connectivity index (χ1) is 16.9. The second-order valence-electron chi connectivity index (χ2n) is 16.1. The Kier molecular flexibility index (Phi) is 6.06. The lowest BCUT2D eigenvalue weighted by Gasteiger charge is -2.70. The van der Waals surface area contributed by atoms with E-state index < -0.39 is 11.4 Å². The number of hydrogen-bond donors (Lipinski definition) is 1. The van der Waals surface area contributed by atoms with E-state index in [0.29, 0.717) is 18.1 Å². The van der Waals surface area contributed by atoms with Crippen molar-refractivity contribution in [3.05, 3.63) is 11.6 Å². The van der Waals surface area contributed by atoms with Crippen molar-refractivity contribution in [2.45, 2.75) is 132 Å². The van der Waals surface area contributed by atoms with Gasteiger partial charge in [-0.05, 0) is 124 Å². The van der Waals surface area contributed by atoms with Crippen molar-refractivity contribution < 1.29 is 19.4 Å². The van der Waals surface area contributed by atoms with E-state index in [1.807, 2.05) is 6.92 Å². The van der Waals surface area contributed by atoms with Gasteiger partial charge in [0.15, 0.2) is 5.78 Å². The van der Waals surface area contributed by atoms with Crippen molar-refractivity contribution in [3.63, 3.8) is 0 Å². The molecule has 0 spiro atoms. The van der Waals surface area contributed by atoms with Crippen molar-refractivity contribution in [1.82, 2.24) is 0 Å². The Morgan fingerprint density at radius 3 is 2.22 bits per heavy atom. The first-order valence-electron chi connectivity index (χ1n) is 15.1. The molecule has 0 aromatic rings. The minimum absolute atomic E-state index is 0.0191. The largest absolute Gasteiger partial charge is 0.481 e. The summed E-state index contributed by atoms with van der Waals surface area (Å²) in [6.07, 6.45) is 11.4. The van der Waals surface area contributed by atoms with Gasteiger partial charge in [0.2, 0.25) is 0 Å². The molecular formula is C33H52O4. The van der Waals surface area contributed by atoms with Crippen LogP contribution in [0.2, 0.25) is 0 Å². The Morgan fingerprint density at radius 1 is 0.946 bits per heavy atom. The van der Waals surface area contributed by atoms with Gasteiger partial charge in [-0.1, -0.05) is 47.1 Å². The van der Waals surface area contributed by atoms with Crippen LogP contribution in [0.25, 0.3) is 0 Å². The number of carboxylic acid groups (broad SMARTS) is 1. The third kappa shape index (κ3) is 3.55. The van der Waals surface area contributed by atoms with Crippen LogP contribution >= 0.6 is 0 Å². The van der Waals surface area contributed by atoms with E-state index in [0.717, 1.165) is 51.4 Å². The van der Waals surface area contributed by atoms with E-state index in [9.17, 15) is 14.7 Å². The second kappa shape index (κ2) is 8.18. The standard InChI is InChI=1S/C33H52O4/c1-20(2)37-25-11-12-31(7)24(28(25,3)4)10-13-33(9)26(31)23(34)18-21-22-19-30(6,27(35)36)15-14-29(22,5)16-17-32(21,33)8/h18,20,22,24-26H,10-17,19H2,1-9H3,(H,35,36)/t22?,24?,25?,26?,29-,30+,31+,32-,33-/m1/s1. The lowest BCUT2D eigenvalue weighted by Crippen LogP contribution is -2.66. The highest BCUT2D eigenvalue weighted by molar-refractivity contribution is 5.95. The molecule has 0 amide bonds. The number of carboxylic acids is 1. The number of ketones is 1. The monoisotopic (exact) mass is 512 g/mol. The molecule has 4 unspecified atom stereocenters. The number of carbonyl (C=O) groups is 2. The molecule has 208 valence electrons. The molecular weight excluding hydrogens is 460 g/mol. The zero-order chi connectivity index (χ0) is 27.4. The molecule has 4 nitrogen and oxygen atoms in total. The van der Waals surface area contributed by atoms with E-state index in [1.54, 1.807) is 0 Å². The molecule has 4 heteroatoms. The minimum atomic E-state index is -0.702. The van der Waals surface area contributed by atoms with Gasteiger partial charge in [0.05, 0.1) is 17.6 Å². The average Bonchev–Trinajstić information content (AvgIpc) is 2.78. The fourth-order valence-corrected chi connectivity index (χ4v) is 10.9. The van der Waals surface area contributed by atoms with Gasteiger partial charge < -0.3 is 9.84 Å². The number of aliphatic carboxylic acids is 1. The minimum Gasteiger partial charge on any atom is -0.481 e. The Hall–Kier alpha value is -1.16. The highest BCUT2D eigenvalue weighted by Crippen LogP contribution is 2.75. The maximum Gasteiger partial charge on any atom is 0.309 e. The molecule has 0 heterocycles. The lowest BCUT2D eigenvalue weighted by molar-refractivity contribution is -0.214. The van der Waals surface area contributed by atoms with Crippen LogP contribution in [0.4, 0.5) is 0 Å². The number of carbonyl (C=O) groups excluding carboxylic acids is 1. The molecule has 0 bridgehead atoms. The number of ether oxygens (including phenoxy) is 1. The summed E-state index contributed by atoms with van der Waals surface area (Å²) in [5, 5.41) is 10.1. The van der Waals surface area contributed by atoms with Crippen LogP contribution in [-0.2, 0) is 14.3 Å². The molecule has 1 N–H and O–H groups in total. The number of allylic oxidation sites excluding steroid dienone is 2. The maximum absolute atomic E-state index is 14.4. The predicted octanol–water partition coefficient (Wildman–Crippen LogP) is 7.85. The second-order valence-corrected chi connectivity index (χ2v) is 16.1. The lowest BCUT2D eigenvalue weighted by atomic mass is 9.33. The summed E-state index contributed by atoms with van der Waals surface area (Å²) in [7, 11) is 0. The highest BCUT2D eigenvalue weighted by Gasteiger charge is 2.70. The van der Waals surface area contributed by atoms with E-state index in [4.69, 9.17) is 4.74 Å². The average molecular weight is 513 g/mol. The van der Waals surface area contributed by atoms with E-state index in [1.165, 1.54) is 5.57 Å². The molecule has 0 aromatic carbocycles. The topological polar surface area (TPSA) is 63.6 Å². The molecule has 0 aliphatic heterocycles. The molecule has 5 rings (SSSR count). The van der Waals surface area contributed by atoms with Gasteiger partial charge in [0.25, 0.3) is 0 Å². The fraction of sp³-hybridized carbons (Fsp3) is 0.879. The van der Waals surface area contributed by atoms with Crippen molar-refractivity contribution in [1.29, 1.82) is 0 Å². The maximum atomic E-state index is 14.4. The molecule has 0 saturated heterocycles. The van der Waals surface area contributed by atoms with Crippen LogP contribution < -0.4 is 0 Å². The van der Waals surface area contributed by atoms with Gasteiger partial charge in [-0.3, -0.25) is 9.59 Å². The molecule has 9 atom stereocenters. The van der Waals surface area contributed by atoms with Crippen LogP contribution in [0.5, 0.6) is 0 Å². The van der Waals surface area contributed by atoms with Crippen molar-refractivity contribution >= 4 is 11.8 Å². The van der Waals surface area contributed by atoms with Crippen LogP contribution in [0.1, 0.15) is 120 Å². The highest BCUT2D eigenvalue weighted by atomic mass is 16.5. The number of fused-ring (bicyclic) bond motifs is 7. The first-order valence-corrected chi connectivity index (χ1v) is 15.1. The quantitative estimate of drug-likeness (QED) is 0.418. The Labute approximate surface area is 225 Å². The summed E-state index contributed by atoms with van der Waals surface area (Å²) in [5.74, 6) is 0.305. The molecule has 37 heavy (non-hydrogen) atoms. The Balaban J connectivity index is 1.57. The normalized spacial score (nSPS) is 50.9. The van der Waals surface area contributed by atoms with Crippen LogP contribution in [0.3, 0.4) is 0 Å². The SMILES string of the molecule is CC(C)OC1CC[C@@]2(C)C(CC[C@]3(C)C2C(=O)C=C2C4C[C@@](C)(C(=O)O)CC[C@]4(C)CC[C@]23C)C1(C)C. The van der Waals surface area contributed by atoms with Gasteiger partial charge in [0.1, 0.15) is 0 Å².